The lowest BCUT2D eigenvalue weighted by atomic mass is 10.0. The van der Waals surface area contributed by atoms with Gasteiger partial charge in [0, 0.05) is 30.9 Å². The van der Waals surface area contributed by atoms with Gasteiger partial charge in [-0.05, 0) is 39.4 Å². The molecule has 0 amide bonds. The molecule has 0 spiro atoms. The van der Waals surface area contributed by atoms with Crippen molar-refractivity contribution in [2.45, 2.75) is 39.3 Å². The van der Waals surface area contributed by atoms with E-state index in [2.05, 4.69) is 5.32 Å². The second-order valence-electron chi connectivity index (χ2n) is 5.62. The van der Waals surface area contributed by atoms with Crippen molar-refractivity contribution in [2.24, 2.45) is 0 Å². The molecule has 3 nitrogen and oxygen atoms in total. The summed E-state index contributed by atoms with van der Waals surface area (Å²) in [4.78, 5) is 1.90. The summed E-state index contributed by atoms with van der Waals surface area (Å²) in [6.45, 7) is 8.67. The zero-order chi connectivity index (χ0) is 14.6. The Balaban J connectivity index is 3.09. The second kappa shape index (κ2) is 6.35. The van der Waals surface area contributed by atoms with Crippen LogP contribution in [0.2, 0.25) is 0 Å². The van der Waals surface area contributed by atoms with E-state index < -0.39 is 5.60 Å². The number of hydrogen-bond acceptors (Lipinski definition) is 3. The fourth-order valence-electron chi connectivity index (χ4n) is 2.36. The Labute approximate surface area is 115 Å². The third kappa shape index (κ3) is 4.48. The van der Waals surface area contributed by atoms with Crippen molar-refractivity contribution in [3.63, 3.8) is 0 Å². The van der Waals surface area contributed by atoms with Gasteiger partial charge < -0.3 is 15.3 Å². The normalized spacial score (nSPS) is 13.4. The number of benzene rings is 1. The largest absolute Gasteiger partial charge is 0.389 e. The molecule has 0 saturated carbocycles. The van der Waals surface area contributed by atoms with Crippen LogP contribution < -0.4 is 10.2 Å². The van der Waals surface area contributed by atoms with E-state index in [-0.39, 0.29) is 11.9 Å². The molecule has 2 N–H and O–H groups in total. The van der Waals surface area contributed by atoms with E-state index >= 15 is 0 Å². The van der Waals surface area contributed by atoms with Crippen LogP contribution in [0.15, 0.2) is 18.2 Å². The molecule has 19 heavy (non-hydrogen) atoms. The summed E-state index contributed by atoms with van der Waals surface area (Å²) in [5.74, 6) is -0.214. The van der Waals surface area contributed by atoms with E-state index in [1.165, 1.54) is 6.07 Å². The van der Waals surface area contributed by atoms with Crippen molar-refractivity contribution < 1.29 is 9.50 Å². The van der Waals surface area contributed by atoms with E-state index in [0.717, 1.165) is 12.2 Å². The number of anilines is 1. The van der Waals surface area contributed by atoms with Crippen LogP contribution in [0.4, 0.5) is 10.1 Å². The zero-order valence-electron chi connectivity index (χ0n) is 12.5. The van der Waals surface area contributed by atoms with Gasteiger partial charge in [-0.1, -0.05) is 13.0 Å². The Kier molecular flexibility index (Phi) is 5.32. The molecule has 0 fully saturated rings. The maximum absolute atomic E-state index is 14.1. The van der Waals surface area contributed by atoms with E-state index in [9.17, 15) is 9.50 Å². The molecule has 108 valence electrons. The highest BCUT2D eigenvalue weighted by molar-refractivity contribution is 5.55. The standard InChI is InChI=1S/C15H25FN2O/c1-6-17-11(2)14-12(16)8-7-9-13(14)18(5)10-15(3,4)19/h7-9,11,17,19H,6,10H2,1-5H3. The quantitative estimate of drug-likeness (QED) is 0.832. The van der Waals surface area contributed by atoms with Crippen LogP contribution in [-0.4, -0.2) is 30.8 Å². The van der Waals surface area contributed by atoms with Crippen molar-refractivity contribution in [2.75, 3.05) is 25.0 Å². The maximum Gasteiger partial charge on any atom is 0.130 e. The van der Waals surface area contributed by atoms with E-state index in [1.54, 1.807) is 19.9 Å². The molecular weight excluding hydrogens is 243 g/mol. The average Bonchev–Trinajstić information content (AvgIpc) is 2.26. The van der Waals surface area contributed by atoms with Gasteiger partial charge in [-0.15, -0.1) is 0 Å². The zero-order valence-corrected chi connectivity index (χ0v) is 12.5. The fourth-order valence-corrected chi connectivity index (χ4v) is 2.36. The lowest BCUT2D eigenvalue weighted by molar-refractivity contribution is 0.0885. The van der Waals surface area contributed by atoms with E-state index in [4.69, 9.17) is 0 Å². The van der Waals surface area contributed by atoms with Crippen LogP contribution in [-0.2, 0) is 0 Å². The maximum atomic E-state index is 14.1. The summed E-state index contributed by atoms with van der Waals surface area (Å²) in [5.41, 5.74) is 0.645. The molecule has 0 aliphatic carbocycles. The number of rotatable bonds is 6. The van der Waals surface area contributed by atoms with Crippen LogP contribution in [0.25, 0.3) is 0 Å². The van der Waals surface area contributed by atoms with Gasteiger partial charge in [0.2, 0.25) is 0 Å². The van der Waals surface area contributed by atoms with Gasteiger partial charge in [0.05, 0.1) is 5.60 Å². The number of likely N-dealkylation sites (N-methyl/N-ethyl adjacent to an activating group) is 1. The van der Waals surface area contributed by atoms with Gasteiger partial charge in [-0.25, -0.2) is 4.39 Å². The highest BCUT2D eigenvalue weighted by atomic mass is 19.1. The number of nitrogens with zero attached hydrogens (tertiary/aromatic N) is 1. The molecule has 1 atom stereocenters. The van der Waals surface area contributed by atoms with Crippen molar-refractivity contribution in [1.29, 1.82) is 0 Å². The van der Waals surface area contributed by atoms with Crippen molar-refractivity contribution >= 4 is 5.69 Å². The number of aliphatic hydroxyl groups is 1. The molecule has 1 unspecified atom stereocenters. The first-order valence-corrected chi connectivity index (χ1v) is 6.71. The van der Waals surface area contributed by atoms with Crippen molar-refractivity contribution in [1.82, 2.24) is 5.32 Å². The minimum Gasteiger partial charge on any atom is -0.389 e. The predicted octanol–water partition coefficient (Wildman–Crippen LogP) is 2.70. The Morgan fingerprint density at radius 2 is 2.05 bits per heavy atom. The van der Waals surface area contributed by atoms with E-state index in [1.807, 2.05) is 31.9 Å². The van der Waals surface area contributed by atoms with Gasteiger partial charge >= 0.3 is 0 Å². The highest BCUT2D eigenvalue weighted by Crippen LogP contribution is 2.29. The first kappa shape index (κ1) is 15.9. The highest BCUT2D eigenvalue weighted by Gasteiger charge is 2.21. The molecule has 1 rings (SSSR count). The summed E-state index contributed by atoms with van der Waals surface area (Å²) >= 11 is 0. The minimum absolute atomic E-state index is 0.0644. The first-order chi connectivity index (χ1) is 8.76. The molecule has 1 aromatic carbocycles. The number of halogens is 1. The average molecular weight is 268 g/mol. The van der Waals surface area contributed by atoms with E-state index in [0.29, 0.717) is 12.1 Å². The molecule has 0 aliphatic rings. The van der Waals surface area contributed by atoms with Gasteiger partial charge in [0.1, 0.15) is 5.82 Å². The first-order valence-electron chi connectivity index (χ1n) is 6.71. The summed E-state index contributed by atoms with van der Waals surface area (Å²) in [5, 5.41) is 13.1. The molecule has 0 aromatic heterocycles. The molecule has 0 heterocycles. The summed E-state index contributed by atoms with van der Waals surface area (Å²) in [6, 6.07) is 5.00. The molecule has 0 saturated heterocycles. The lowest BCUT2D eigenvalue weighted by Crippen LogP contribution is -2.37. The van der Waals surface area contributed by atoms with Crippen LogP contribution in [0.1, 0.15) is 39.3 Å². The lowest BCUT2D eigenvalue weighted by Gasteiger charge is -2.30. The third-order valence-corrected chi connectivity index (χ3v) is 3.01. The van der Waals surface area contributed by atoms with Gasteiger partial charge in [0.25, 0.3) is 0 Å². The Morgan fingerprint density at radius 3 is 2.58 bits per heavy atom. The summed E-state index contributed by atoms with van der Waals surface area (Å²) in [6.07, 6.45) is 0. The second-order valence-corrected chi connectivity index (χ2v) is 5.62. The molecule has 0 bridgehead atoms. The molecule has 1 aromatic rings. The topological polar surface area (TPSA) is 35.5 Å². The monoisotopic (exact) mass is 268 g/mol. The summed E-state index contributed by atoms with van der Waals surface area (Å²) < 4.78 is 14.1. The predicted molar refractivity (Wildman–Crippen MR) is 78.1 cm³/mol. The molecular formula is C15H25FN2O. The number of hydrogen-bond donors (Lipinski definition) is 2. The third-order valence-electron chi connectivity index (χ3n) is 3.01. The fraction of sp³-hybridized carbons (Fsp3) is 0.600. The molecule has 0 aliphatic heterocycles. The minimum atomic E-state index is -0.820. The van der Waals surface area contributed by atoms with Gasteiger partial charge in [0.15, 0.2) is 0 Å². The summed E-state index contributed by atoms with van der Waals surface area (Å²) in [7, 11) is 1.87. The van der Waals surface area contributed by atoms with Crippen molar-refractivity contribution in [3.05, 3.63) is 29.6 Å². The Morgan fingerprint density at radius 1 is 1.42 bits per heavy atom. The number of nitrogens with one attached hydrogen (secondary N) is 1. The van der Waals surface area contributed by atoms with Crippen molar-refractivity contribution in [3.8, 4) is 0 Å². The smallest absolute Gasteiger partial charge is 0.130 e. The van der Waals surface area contributed by atoms with Gasteiger partial charge in [-0.2, -0.15) is 0 Å². The Bertz CT molecular complexity index is 415. The molecule has 4 heteroatoms. The van der Waals surface area contributed by atoms with Crippen LogP contribution in [0, 0.1) is 5.82 Å². The van der Waals surface area contributed by atoms with Crippen LogP contribution in [0.5, 0.6) is 0 Å². The van der Waals surface area contributed by atoms with Crippen LogP contribution in [0.3, 0.4) is 0 Å². The van der Waals surface area contributed by atoms with Gasteiger partial charge in [-0.3, -0.25) is 0 Å². The van der Waals surface area contributed by atoms with Crippen LogP contribution >= 0.6 is 0 Å². The molecule has 0 radical (unpaired) electrons. The SMILES string of the molecule is CCNC(C)c1c(F)cccc1N(C)CC(C)(C)O. The Hall–Kier alpha value is -1.13.